The number of fused-ring (bicyclic) bond motifs is 1. The molecule has 0 bridgehead atoms. The number of carbonyl (C=O) groups is 2. The van der Waals surface area contributed by atoms with Crippen LogP contribution in [0.3, 0.4) is 0 Å². The second-order valence-electron chi connectivity index (χ2n) is 10.4. The largest absolute Gasteiger partial charge is 0.494 e. The van der Waals surface area contributed by atoms with Crippen LogP contribution in [0.2, 0.25) is 0 Å². The summed E-state index contributed by atoms with van der Waals surface area (Å²) in [6.45, 7) is 5.53. The summed E-state index contributed by atoms with van der Waals surface area (Å²) in [5.41, 5.74) is 6.28. The molecule has 7 nitrogen and oxygen atoms in total. The van der Waals surface area contributed by atoms with Crippen molar-refractivity contribution in [1.29, 1.82) is 0 Å². The van der Waals surface area contributed by atoms with Crippen molar-refractivity contribution in [3.63, 3.8) is 0 Å². The second-order valence-corrected chi connectivity index (χ2v) is 10.4. The molecule has 208 valence electrons. The molecule has 7 heteroatoms. The van der Waals surface area contributed by atoms with Crippen molar-refractivity contribution in [1.82, 2.24) is 4.90 Å². The second kappa shape index (κ2) is 12.9. The molecule has 2 heterocycles. The van der Waals surface area contributed by atoms with Crippen molar-refractivity contribution in [2.75, 3.05) is 43.6 Å². The van der Waals surface area contributed by atoms with Crippen molar-refractivity contribution in [3.8, 4) is 16.9 Å². The number of anilines is 2. The Hall–Kier alpha value is -3.94. The molecule has 1 N–H and O–H groups in total. The van der Waals surface area contributed by atoms with Gasteiger partial charge in [0.2, 0.25) is 6.41 Å². The van der Waals surface area contributed by atoms with Crippen molar-refractivity contribution in [3.05, 3.63) is 83.4 Å². The number of benzene rings is 3. The number of hydrogen-bond donors (Lipinski definition) is 1. The molecule has 40 heavy (non-hydrogen) atoms. The molecule has 2 amide bonds. The zero-order chi connectivity index (χ0) is 27.9. The Balaban J connectivity index is 1.30. The third-order valence-electron chi connectivity index (χ3n) is 7.66. The smallest absolute Gasteiger partial charge is 0.251 e. The Morgan fingerprint density at radius 2 is 1.77 bits per heavy atom. The molecule has 2 aliphatic heterocycles. The summed E-state index contributed by atoms with van der Waals surface area (Å²) in [4.78, 5) is 29.3. The van der Waals surface area contributed by atoms with Crippen LogP contribution in [0.4, 0.5) is 11.4 Å². The van der Waals surface area contributed by atoms with E-state index in [0.29, 0.717) is 31.2 Å². The number of hydrogen-bond acceptors (Lipinski definition) is 5. The van der Waals surface area contributed by atoms with Gasteiger partial charge in [0.1, 0.15) is 5.75 Å². The van der Waals surface area contributed by atoms with Crippen LogP contribution in [0.5, 0.6) is 5.75 Å². The molecule has 0 aliphatic carbocycles. The molecule has 2 aliphatic rings. The molecule has 1 saturated heterocycles. The van der Waals surface area contributed by atoms with E-state index in [2.05, 4.69) is 29.4 Å². The van der Waals surface area contributed by atoms with Gasteiger partial charge in [0, 0.05) is 43.6 Å². The van der Waals surface area contributed by atoms with Crippen LogP contribution in [0, 0.1) is 0 Å². The van der Waals surface area contributed by atoms with Crippen LogP contribution < -0.4 is 15.0 Å². The number of nitrogens with one attached hydrogen (secondary N) is 1. The molecule has 0 unspecified atom stereocenters. The lowest BCUT2D eigenvalue weighted by Crippen LogP contribution is -2.36. The normalized spacial score (nSPS) is 15.7. The van der Waals surface area contributed by atoms with Crippen molar-refractivity contribution in [2.45, 2.75) is 38.8 Å². The van der Waals surface area contributed by atoms with Gasteiger partial charge >= 0.3 is 0 Å². The first-order valence-electron chi connectivity index (χ1n) is 14.0. The first-order valence-corrected chi connectivity index (χ1v) is 14.0. The maximum absolute atomic E-state index is 13.3. The fourth-order valence-corrected chi connectivity index (χ4v) is 5.38. The Kier molecular flexibility index (Phi) is 8.94. The van der Waals surface area contributed by atoms with Gasteiger partial charge in [-0.3, -0.25) is 14.5 Å². The van der Waals surface area contributed by atoms with Crippen molar-refractivity contribution < 1.29 is 19.1 Å². The minimum Gasteiger partial charge on any atom is -0.494 e. The van der Waals surface area contributed by atoms with E-state index in [1.165, 1.54) is 5.56 Å². The number of nitrogens with zero attached hydrogens (tertiary/aromatic N) is 2. The van der Waals surface area contributed by atoms with Gasteiger partial charge in [-0.15, -0.1) is 0 Å². The highest BCUT2D eigenvalue weighted by atomic mass is 16.5. The number of amides is 2. The van der Waals surface area contributed by atoms with Gasteiger partial charge in [0.05, 0.1) is 12.3 Å². The lowest BCUT2D eigenvalue weighted by Gasteiger charge is -2.31. The zero-order valence-corrected chi connectivity index (χ0v) is 23.3. The van der Waals surface area contributed by atoms with Gasteiger partial charge in [0.15, 0.2) is 0 Å². The molecule has 0 radical (unpaired) electrons. The van der Waals surface area contributed by atoms with Gasteiger partial charge in [0.25, 0.3) is 5.91 Å². The third-order valence-corrected chi connectivity index (χ3v) is 7.66. The van der Waals surface area contributed by atoms with Gasteiger partial charge in [-0.05, 0) is 98.0 Å². The van der Waals surface area contributed by atoms with Crippen LogP contribution in [0.1, 0.15) is 37.3 Å². The van der Waals surface area contributed by atoms with E-state index in [9.17, 15) is 9.59 Å². The summed E-state index contributed by atoms with van der Waals surface area (Å²) in [6, 6.07) is 22.5. The van der Waals surface area contributed by atoms with Gasteiger partial charge in [-0.2, -0.15) is 0 Å². The van der Waals surface area contributed by atoms with E-state index in [0.717, 1.165) is 72.8 Å². The van der Waals surface area contributed by atoms with Crippen LogP contribution in [-0.2, 0) is 20.9 Å². The Bertz CT molecular complexity index is 1350. The van der Waals surface area contributed by atoms with E-state index in [4.69, 9.17) is 9.47 Å². The van der Waals surface area contributed by atoms with E-state index in [1.807, 2.05) is 67.6 Å². The first-order chi connectivity index (χ1) is 19.5. The average molecular weight is 540 g/mol. The number of rotatable bonds is 9. The van der Waals surface area contributed by atoms with Crippen molar-refractivity contribution in [2.24, 2.45) is 0 Å². The molecule has 0 atom stereocenters. The molecule has 0 spiro atoms. The Labute approximate surface area is 236 Å². The Morgan fingerprint density at radius 1 is 1.05 bits per heavy atom. The van der Waals surface area contributed by atoms with Crippen LogP contribution >= 0.6 is 0 Å². The summed E-state index contributed by atoms with van der Waals surface area (Å²) >= 11 is 0. The van der Waals surface area contributed by atoms with Crippen LogP contribution in [0.25, 0.3) is 17.2 Å². The fourth-order valence-electron chi connectivity index (χ4n) is 5.38. The standard InChI is InChI=1S/C33H37N3O4/c1-3-40-31-11-6-25(7-12-31)26-8-13-32-28(20-26)21-27(14-17-36(32)23-37)33(38)34-29-9-4-24(5-10-29)22-35(2)30-15-18-39-19-16-30/h4-13,20-21,23,30H,3,14-19,22H2,1-2H3,(H,34,38). The van der Waals surface area contributed by atoms with Crippen molar-refractivity contribution >= 4 is 29.8 Å². The zero-order valence-electron chi connectivity index (χ0n) is 23.3. The maximum Gasteiger partial charge on any atom is 0.251 e. The lowest BCUT2D eigenvalue weighted by molar-refractivity contribution is -0.113. The quantitative estimate of drug-likeness (QED) is 0.351. The van der Waals surface area contributed by atoms with Gasteiger partial charge in [-0.25, -0.2) is 0 Å². The van der Waals surface area contributed by atoms with Gasteiger partial charge < -0.3 is 19.7 Å². The maximum atomic E-state index is 13.3. The van der Waals surface area contributed by atoms with Crippen LogP contribution in [0.15, 0.2) is 72.3 Å². The summed E-state index contributed by atoms with van der Waals surface area (Å²) in [5.74, 6) is 0.670. The molecular weight excluding hydrogens is 502 g/mol. The summed E-state index contributed by atoms with van der Waals surface area (Å²) in [6.07, 6.45) is 5.33. The summed E-state index contributed by atoms with van der Waals surface area (Å²) in [5, 5.41) is 3.05. The topological polar surface area (TPSA) is 71.1 Å². The summed E-state index contributed by atoms with van der Waals surface area (Å²) < 4.78 is 11.0. The Morgan fingerprint density at radius 3 is 2.48 bits per heavy atom. The van der Waals surface area contributed by atoms with E-state index in [1.54, 1.807) is 4.90 Å². The lowest BCUT2D eigenvalue weighted by atomic mass is 10.00. The van der Waals surface area contributed by atoms with Crippen LogP contribution in [-0.4, -0.2) is 56.7 Å². The van der Waals surface area contributed by atoms with E-state index >= 15 is 0 Å². The predicted octanol–water partition coefficient (Wildman–Crippen LogP) is 5.75. The summed E-state index contributed by atoms with van der Waals surface area (Å²) in [7, 11) is 2.16. The molecule has 3 aromatic rings. The number of carbonyl (C=O) groups excluding carboxylic acids is 2. The highest BCUT2D eigenvalue weighted by Gasteiger charge is 2.21. The highest BCUT2D eigenvalue weighted by molar-refractivity contribution is 6.08. The fraction of sp³-hybridized carbons (Fsp3) is 0.333. The van der Waals surface area contributed by atoms with E-state index < -0.39 is 0 Å². The first kappa shape index (κ1) is 27.6. The minimum absolute atomic E-state index is 0.155. The highest BCUT2D eigenvalue weighted by Crippen LogP contribution is 2.33. The minimum atomic E-state index is -0.155. The molecule has 3 aromatic carbocycles. The molecule has 0 aromatic heterocycles. The van der Waals surface area contributed by atoms with E-state index in [-0.39, 0.29) is 5.91 Å². The number of ether oxygens (including phenoxy) is 2. The molecule has 1 fully saturated rings. The third kappa shape index (κ3) is 6.61. The molecule has 0 saturated carbocycles. The molecular formula is C33H37N3O4. The average Bonchev–Trinajstić information content (AvgIpc) is 3.18. The van der Waals surface area contributed by atoms with Gasteiger partial charge in [-0.1, -0.05) is 30.3 Å². The predicted molar refractivity (Wildman–Crippen MR) is 159 cm³/mol. The SMILES string of the molecule is CCOc1ccc(-c2ccc3c(c2)C=C(C(=O)Nc2ccc(CN(C)C4CCOCC4)cc2)CCN3C=O)cc1. The monoisotopic (exact) mass is 539 g/mol. The molecule has 5 rings (SSSR count).